The fraction of sp³-hybridized carbons (Fsp3) is 0.167. The minimum absolute atomic E-state index is 0.875. The zero-order valence-corrected chi connectivity index (χ0v) is 12.2. The summed E-state index contributed by atoms with van der Waals surface area (Å²) in [5, 5.41) is 3.45. The van der Waals surface area contributed by atoms with Crippen LogP contribution >= 0.6 is 0 Å². The van der Waals surface area contributed by atoms with E-state index in [-0.39, 0.29) is 0 Å². The molecule has 3 rings (SSSR count). The Bertz CT molecular complexity index is 701. The van der Waals surface area contributed by atoms with E-state index in [2.05, 4.69) is 58.2 Å². The summed E-state index contributed by atoms with van der Waals surface area (Å²) < 4.78 is 2.18. The highest BCUT2D eigenvalue weighted by atomic mass is 15.1. The monoisotopic (exact) mass is 277 g/mol. The van der Waals surface area contributed by atoms with E-state index in [0.717, 1.165) is 30.2 Å². The second-order valence-electron chi connectivity index (χ2n) is 5.11. The second kappa shape index (κ2) is 6.27. The molecule has 0 spiro atoms. The highest BCUT2D eigenvalue weighted by Gasteiger charge is 2.04. The molecule has 0 fully saturated rings. The summed E-state index contributed by atoms with van der Waals surface area (Å²) in [6.45, 7) is 3.87. The van der Waals surface area contributed by atoms with Crippen LogP contribution in [0, 0.1) is 6.92 Å². The van der Waals surface area contributed by atoms with Gasteiger partial charge in [-0.2, -0.15) is 0 Å². The lowest BCUT2D eigenvalue weighted by Crippen LogP contribution is -2.11. The second-order valence-corrected chi connectivity index (χ2v) is 5.11. The van der Waals surface area contributed by atoms with Crippen molar-refractivity contribution >= 4 is 5.69 Å². The minimum atomic E-state index is 0.875. The number of aromatic nitrogens is 2. The van der Waals surface area contributed by atoms with E-state index in [1.807, 2.05) is 30.6 Å². The molecular weight excluding hydrogens is 258 g/mol. The third-order valence-corrected chi connectivity index (χ3v) is 3.45. The molecular formula is C18H19N3. The van der Waals surface area contributed by atoms with Crippen molar-refractivity contribution in [3.63, 3.8) is 0 Å². The van der Waals surface area contributed by atoms with Crippen molar-refractivity contribution in [3.8, 4) is 11.4 Å². The van der Waals surface area contributed by atoms with Crippen molar-refractivity contribution in [3.05, 3.63) is 72.6 Å². The molecule has 21 heavy (non-hydrogen) atoms. The largest absolute Gasteiger partial charge is 0.383 e. The number of hydrogen-bond donors (Lipinski definition) is 1. The Kier molecular flexibility index (Phi) is 4.01. The fourth-order valence-electron chi connectivity index (χ4n) is 2.41. The van der Waals surface area contributed by atoms with Crippen LogP contribution in [0.25, 0.3) is 11.4 Å². The van der Waals surface area contributed by atoms with Gasteiger partial charge in [0.05, 0.1) is 0 Å². The van der Waals surface area contributed by atoms with Gasteiger partial charge in [-0.05, 0) is 24.6 Å². The molecule has 0 aliphatic heterocycles. The predicted molar refractivity (Wildman–Crippen MR) is 87.3 cm³/mol. The number of nitrogens with one attached hydrogen (secondary N) is 1. The Morgan fingerprint density at radius 3 is 2.71 bits per heavy atom. The Morgan fingerprint density at radius 1 is 1.05 bits per heavy atom. The first-order chi connectivity index (χ1) is 10.3. The maximum atomic E-state index is 4.46. The van der Waals surface area contributed by atoms with Gasteiger partial charge in [-0.15, -0.1) is 0 Å². The first-order valence-electron chi connectivity index (χ1n) is 7.20. The van der Waals surface area contributed by atoms with Gasteiger partial charge in [-0.3, -0.25) is 0 Å². The molecule has 0 atom stereocenters. The number of anilines is 1. The van der Waals surface area contributed by atoms with Crippen molar-refractivity contribution in [2.24, 2.45) is 0 Å². The van der Waals surface area contributed by atoms with Gasteiger partial charge in [0.2, 0.25) is 0 Å². The summed E-state index contributed by atoms with van der Waals surface area (Å²) in [5.41, 5.74) is 3.59. The van der Waals surface area contributed by atoms with Gasteiger partial charge in [-0.25, -0.2) is 4.98 Å². The fourth-order valence-corrected chi connectivity index (χ4v) is 2.41. The molecule has 0 saturated carbocycles. The summed E-state index contributed by atoms with van der Waals surface area (Å²) >= 11 is 0. The van der Waals surface area contributed by atoms with Crippen LogP contribution in [0.4, 0.5) is 5.69 Å². The van der Waals surface area contributed by atoms with Crippen LogP contribution < -0.4 is 5.32 Å². The van der Waals surface area contributed by atoms with Gasteiger partial charge in [0, 0.05) is 36.7 Å². The highest BCUT2D eigenvalue weighted by Crippen LogP contribution is 2.16. The van der Waals surface area contributed by atoms with E-state index < -0.39 is 0 Å². The van der Waals surface area contributed by atoms with Crippen LogP contribution in [0.5, 0.6) is 0 Å². The molecule has 2 aromatic carbocycles. The molecule has 0 unspecified atom stereocenters. The zero-order valence-electron chi connectivity index (χ0n) is 12.2. The number of hydrogen-bond acceptors (Lipinski definition) is 2. The number of benzene rings is 2. The molecule has 3 aromatic rings. The molecule has 0 amide bonds. The SMILES string of the molecule is Cc1cccc(NCCn2ccnc2-c2ccccc2)c1. The van der Waals surface area contributed by atoms with Crippen LogP contribution in [-0.2, 0) is 6.54 Å². The number of imidazole rings is 1. The summed E-state index contributed by atoms with van der Waals surface area (Å²) in [7, 11) is 0. The van der Waals surface area contributed by atoms with Crippen molar-refractivity contribution in [2.75, 3.05) is 11.9 Å². The molecule has 106 valence electrons. The predicted octanol–water partition coefficient (Wildman–Crippen LogP) is 3.97. The molecule has 3 heteroatoms. The van der Waals surface area contributed by atoms with Crippen LogP contribution in [0.15, 0.2) is 67.0 Å². The van der Waals surface area contributed by atoms with Crippen LogP contribution in [0.1, 0.15) is 5.56 Å². The Morgan fingerprint density at radius 2 is 1.90 bits per heavy atom. The summed E-state index contributed by atoms with van der Waals surface area (Å²) in [6, 6.07) is 18.7. The van der Waals surface area contributed by atoms with E-state index in [1.165, 1.54) is 5.56 Å². The lowest BCUT2D eigenvalue weighted by atomic mass is 10.2. The minimum Gasteiger partial charge on any atom is -0.383 e. The summed E-state index contributed by atoms with van der Waals surface area (Å²) in [5.74, 6) is 1.02. The lowest BCUT2D eigenvalue weighted by molar-refractivity contribution is 0.735. The van der Waals surface area contributed by atoms with Gasteiger partial charge in [0.15, 0.2) is 0 Å². The van der Waals surface area contributed by atoms with Gasteiger partial charge in [-0.1, -0.05) is 42.5 Å². The summed E-state index contributed by atoms with van der Waals surface area (Å²) in [4.78, 5) is 4.46. The first kappa shape index (κ1) is 13.4. The average Bonchev–Trinajstić information content (AvgIpc) is 2.97. The zero-order chi connectivity index (χ0) is 14.5. The third-order valence-electron chi connectivity index (χ3n) is 3.45. The summed E-state index contributed by atoms with van der Waals surface area (Å²) in [6.07, 6.45) is 3.88. The molecule has 0 aliphatic rings. The van der Waals surface area contributed by atoms with E-state index in [0.29, 0.717) is 0 Å². The maximum absolute atomic E-state index is 4.46. The molecule has 1 heterocycles. The normalized spacial score (nSPS) is 10.5. The molecule has 3 nitrogen and oxygen atoms in total. The van der Waals surface area contributed by atoms with Gasteiger partial charge in [0.25, 0.3) is 0 Å². The van der Waals surface area contributed by atoms with Gasteiger partial charge >= 0.3 is 0 Å². The Hall–Kier alpha value is -2.55. The molecule has 1 N–H and O–H groups in total. The van der Waals surface area contributed by atoms with Gasteiger partial charge in [0.1, 0.15) is 5.82 Å². The van der Waals surface area contributed by atoms with E-state index >= 15 is 0 Å². The van der Waals surface area contributed by atoms with Crippen molar-refractivity contribution < 1.29 is 0 Å². The maximum Gasteiger partial charge on any atom is 0.139 e. The molecule has 1 aromatic heterocycles. The van der Waals surface area contributed by atoms with E-state index in [4.69, 9.17) is 0 Å². The standard InChI is InChI=1S/C18H19N3/c1-15-6-5-9-17(14-15)19-10-12-21-13-11-20-18(21)16-7-3-2-4-8-16/h2-9,11,13-14,19H,10,12H2,1H3. The topological polar surface area (TPSA) is 29.9 Å². The number of aryl methyl sites for hydroxylation is 1. The Labute approximate surface area is 125 Å². The lowest BCUT2D eigenvalue weighted by Gasteiger charge is -2.10. The molecule has 0 saturated heterocycles. The smallest absolute Gasteiger partial charge is 0.139 e. The van der Waals surface area contributed by atoms with Crippen LogP contribution in [-0.4, -0.2) is 16.1 Å². The van der Waals surface area contributed by atoms with Crippen molar-refractivity contribution in [1.29, 1.82) is 0 Å². The Balaban J connectivity index is 1.66. The van der Waals surface area contributed by atoms with Crippen molar-refractivity contribution in [1.82, 2.24) is 9.55 Å². The van der Waals surface area contributed by atoms with E-state index in [9.17, 15) is 0 Å². The number of nitrogens with zero attached hydrogens (tertiary/aromatic N) is 2. The van der Waals surface area contributed by atoms with Gasteiger partial charge < -0.3 is 9.88 Å². The average molecular weight is 277 g/mol. The highest BCUT2D eigenvalue weighted by molar-refractivity contribution is 5.55. The first-order valence-corrected chi connectivity index (χ1v) is 7.20. The quantitative estimate of drug-likeness (QED) is 0.764. The number of rotatable bonds is 5. The molecule has 0 radical (unpaired) electrons. The molecule has 0 bridgehead atoms. The van der Waals surface area contributed by atoms with Crippen LogP contribution in [0.2, 0.25) is 0 Å². The van der Waals surface area contributed by atoms with Crippen molar-refractivity contribution in [2.45, 2.75) is 13.5 Å². The third kappa shape index (κ3) is 3.31. The molecule has 0 aliphatic carbocycles. The van der Waals surface area contributed by atoms with Crippen LogP contribution in [0.3, 0.4) is 0 Å². The van der Waals surface area contributed by atoms with E-state index in [1.54, 1.807) is 0 Å².